The van der Waals surface area contributed by atoms with Gasteiger partial charge in [0, 0.05) is 32.0 Å². The molecular weight excluding hydrogens is 320 g/mol. The van der Waals surface area contributed by atoms with E-state index in [-0.39, 0.29) is 23.3 Å². The van der Waals surface area contributed by atoms with Crippen molar-refractivity contribution >= 4 is 29.4 Å². The van der Waals surface area contributed by atoms with Crippen molar-refractivity contribution in [2.75, 3.05) is 30.8 Å². The number of amides is 3. The van der Waals surface area contributed by atoms with E-state index in [9.17, 15) is 9.59 Å². The van der Waals surface area contributed by atoms with Gasteiger partial charge in [0.1, 0.15) is 5.56 Å². The molecule has 2 aromatic rings. The van der Waals surface area contributed by atoms with E-state index in [2.05, 4.69) is 25.9 Å². The molecule has 0 saturated carbocycles. The van der Waals surface area contributed by atoms with Crippen LogP contribution in [0.2, 0.25) is 0 Å². The molecule has 0 spiro atoms. The van der Waals surface area contributed by atoms with E-state index < -0.39 is 0 Å². The van der Waals surface area contributed by atoms with Crippen LogP contribution in [0, 0.1) is 0 Å². The Kier molecular flexibility index (Phi) is 5.08. The van der Waals surface area contributed by atoms with Crippen molar-refractivity contribution in [1.82, 2.24) is 20.2 Å². The Morgan fingerprint density at radius 3 is 2.52 bits per heavy atom. The lowest BCUT2D eigenvalue weighted by molar-refractivity contribution is 0.0963. The fraction of sp³-hybridized carbons (Fsp3) is 0.294. The minimum atomic E-state index is -0.358. The van der Waals surface area contributed by atoms with Gasteiger partial charge in [-0.05, 0) is 25.0 Å². The Morgan fingerprint density at radius 2 is 1.84 bits per heavy atom. The van der Waals surface area contributed by atoms with Gasteiger partial charge in [0.05, 0.1) is 0 Å². The summed E-state index contributed by atoms with van der Waals surface area (Å²) in [6, 6.07) is 9.17. The SMILES string of the molecule is CNC(=O)c1cnc(Nc2ccccc2)nc1NC(=O)N1CCCC1. The zero-order valence-corrected chi connectivity index (χ0v) is 14.0. The van der Waals surface area contributed by atoms with Crippen LogP contribution in [0.25, 0.3) is 0 Å². The molecule has 8 nitrogen and oxygen atoms in total. The van der Waals surface area contributed by atoms with Crippen LogP contribution in [0.3, 0.4) is 0 Å². The third kappa shape index (κ3) is 4.03. The van der Waals surface area contributed by atoms with Crippen LogP contribution >= 0.6 is 0 Å². The third-order valence-electron chi connectivity index (χ3n) is 3.91. The number of rotatable bonds is 4. The summed E-state index contributed by atoms with van der Waals surface area (Å²) < 4.78 is 0. The standard InChI is InChI=1S/C17H20N6O2/c1-18-15(24)13-11-19-16(20-12-7-3-2-4-8-12)21-14(13)22-17(25)23-9-5-6-10-23/h2-4,7-8,11H,5-6,9-10H2,1H3,(H,18,24)(H2,19,20,21,22,25). The highest BCUT2D eigenvalue weighted by atomic mass is 16.2. The van der Waals surface area contributed by atoms with Crippen LogP contribution < -0.4 is 16.0 Å². The number of hydrogen-bond acceptors (Lipinski definition) is 5. The molecule has 1 fully saturated rings. The summed E-state index contributed by atoms with van der Waals surface area (Å²) in [6.07, 6.45) is 3.37. The van der Waals surface area contributed by atoms with Gasteiger partial charge in [-0.25, -0.2) is 9.78 Å². The smallest absolute Gasteiger partial charge is 0.323 e. The number of carbonyl (C=O) groups is 2. The topological polar surface area (TPSA) is 99.2 Å². The first-order valence-corrected chi connectivity index (χ1v) is 8.14. The molecule has 3 N–H and O–H groups in total. The first-order valence-electron chi connectivity index (χ1n) is 8.14. The van der Waals surface area contributed by atoms with Crippen LogP contribution in [-0.4, -0.2) is 46.9 Å². The van der Waals surface area contributed by atoms with Gasteiger partial charge >= 0.3 is 6.03 Å². The van der Waals surface area contributed by atoms with Crippen molar-refractivity contribution in [2.45, 2.75) is 12.8 Å². The second-order valence-electron chi connectivity index (χ2n) is 5.65. The summed E-state index contributed by atoms with van der Waals surface area (Å²) in [4.78, 5) is 34.6. The fourth-order valence-corrected chi connectivity index (χ4v) is 2.59. The first kappa shape index (κ1) is 16.7. The van der Waals surface area contributed by atoms with Crippen LogP contribution in [0.15, 0.2) is 36.5 Å². The van der Waals surface area contributed by atoms with Gasteiger partial charge in [-0.1, -0.05) is 18.2 Å². The van der Waals surface area contributed by atoms with E-state index in [1.54, 1.807) is 4.90 Å². The Balaban J connectivity index is 1.84. The summed E-state index contributed by atoms with van der Waals surface area (Å²) in [5, 5.41) is 8.31. The van der Waals surface area contributed by atoms with E-state index in [1.807, 2.05) is 30.3 Å². The number of aromatic nitrogens is 2. The number of anilines is 3. The molecule has 1 saturated heterocycles. The Labute approximate surface area is 145 Å². The van der Waals surface area contributed by atoms with Crippen molar-refractivity contribution in [1.29, 1.82) is 0 Å². The lowest BCUT2D eigenvalue weighted by atomic mass is 10.3. The highest BCUT2D eigenvalue weighted by molar-refractivity contribution is 6.02. The Hall–Kier alpha value is -3.16. The van der Waals surface area contributed by atoms with E-state index in [0.29, 0.717) is 19.0 Å². The van der Waals surface area contributed by atoms with Gasteiger partial charge in [-0.2, -0.15) is 4.98 Å². The highest BCUT2D eigenvalue weighted by Crippen LogP contribution is 2.19. The fourth-order valence-electron chi connectivity index (χ4n) is 2.59. The van der Waals surface area contributed by atoms with Gasteiger partial charge in [0.2, 0.25) is 5.95 Å². The number of likely N-dealkylation sites (tertiary alicyclic amines) is 1. The minimum Gasteiger partial charge on any atom is -0.355 e. The maximum Gasteiger partial charge on any atom is 0.323 e. The summed E-state index contributed by atoms with van der Waals surface area (Å²) in [6.45, 7) is 1.42. The van der Waals surface area contributed by atoms with Gasteiger partial charge in [0.25, 0.3) is 5.91 Å². The number of benzene rings is 1. The van der Waals surface area contributed by atoms with Crippen LogP contribution in [0.5, 0.6) is 0 Å². The van der Waals surface area contributed by atoms with Crippen LogP contribution in [0.4, 0.5) is 22.2 Å². The van der Waals surface area contributed by atoms with E-state index in [4.69, 9.17) is 0 Å². The summed E-state index contributed by atoms with van der Waals surface area (Å²) >= 11 is 0. The van der Waals surface area contributed by atoms with Crippen molar-refractivity contribution in [3.8, 4) is 0 Å². The lowest BCUT2D eigenvalue weighted by Crippen LogP contribution is -2.33. The van der Waals surface area contributed by atoms with E-state index in [0.717, 1.165) is 18.5 Å². The van der Waals surface area contributed by atoms with Gasteiger partial charge in [-0.15, -0.1) is 0 Å². The maximum absolute atomic E-state index is 12.3. The first-order chi connectivity index (χ1) is 12.2. The number of carbonyl (C=O) groups excluding carboxylic acids is 2. The van der Waals surface area contributed by atoms with Crippen LogP contribution in [-0.2, 0) is 0 Å². The van der Waals surface area contributed by atoms with Gasteiger partial charge in [0.15, 0.2) is 5.82 Å². The zero-order valence-electron chi connectivity index (χ0n) is 14.0. The molecule has 25 heavy (non-hydrogen) atoms. The molecule has 0 bridgehead atoms. The molecule has 1 aliphatic heterocycles. The predicted octanol–water partition coefficient (Wildman–Crippen LogP) is 2.21. The van der Waals surface area contributed by atoms with Crippen LogP contribution in [0.1, 0.15) is 23.2 Å². The molecule has 8 heteroatoms. The molecule has 0 unspecified atom stereocenters. The van der Waals surface area contributed by atoms with E-state index >= 15 is 0 Å². The summed E-state index contributed by atoms with van der Waals surface area (Å²) in [7, 11) is 1.52. The second kappa shape index (κ2) is 7.61. The lowest BCUT2D eigenvalue weighted by Gasteiger charge is -2.17. The van der Waals surface area contributed by atoms with Crippen molar-refractivity contribution in [3.63, 3.8) is 0 Å². The van der Waals surface area contributed by atoms with Gasteiger partial charge < -0.3 is 15.5 Å². The molecule has 2 heterocycles. The molecule has 1 aliphatic rings. The number of para-hydroxylation sites is 1. The normalized spacial score (nSPS) is 13.4. The van der Waals surface area contributed by atoms with E-state index in [1.165, 1.54) is 13.2 Å². The average Bonchev–Trinajstić information content (AvgIpc) is 3.17. The molecule has 3 rings (SSSR count). The van der Waals surface area contributed by atoms with Crippen molar-refractivity contribution in [2.24, 2.45) is 0 Å². The van der Waals surface area contributed by atoms with Crippen molar-refractivity contribution in [3.05, 3.63) is 42.1 Å². The van der Waals surface area contributed by atoms with Crippen molar-refractivity contribution < 1.29 is 9.59 Å². The molecule has 1 aromatic carbocycles. The number of nitrogens with one attached hydrogen (secondary N) is 3. The zero-order chi connectivity index (χ0) is 17.6. The quantitative estimate of drug-likeness (QED) is 0.792. The molecule has 0 atom stereocenters. The Bertz CT molecular complexity index is 759. The molecule has 0 radical (unpaired) electrons. The molecule has 0 aliphatic carbocycles. The predicted molar refractivity (Wildman–Crippen MR) is 95.0 cm³/mol. The second-order valence-corrected chi connectivity index (χ2v) is 5.65. The molecule has 1 aromatic heterocycles. The third-order valence-corrected chi connectivity index (χ3v) is 3.91. The number of nitrogens with zero attached hydrogens (tertiary/aromatic N) is 3. The minimum absolute atomic E-state index is 0.185. The molecular formula is C17H20N6O2. The monoisotopic (exact) mass is 340 g/mol. The number of hydrogen-bond donors (Lipinski definition) is 3. The maximum atomic E-state index is 12.3. The Morgan fingerprint density at radius 1 is 1.12 bits per heavy atom. The molecule has 3 amide bonds. The summed E-state index contributed by atoms with van der Waals surface area (Å²) in [5.41, 5.74) is 1.03. The summed E-state index contributed by atoms with van der Waals surface area (Å²) in [5.74, 6) is 0.128. The average molecular weight is 340 g/mol. The number of urea groups is 1. The molecule has 130 valence electrons. The van der Waals surface area contributed by atoms with Gasteiger partial charge in [-0.3, -0.25) is 10.1 Å². The highest BCUT2D eigenvalue weighted by Gasteiger charge is 2.21. The largest absolute Gasteiger partial charge is 0.355 e.